The second-order valence-electron chi connectivity index (χ2n) is 5.14. The normalized spacial score (nSPS) is 22.7. The highest BCUT2D eigenvalue weighted by molar-refractivity contribution is 9.09. The van der Waals surface area contributed by atoms with Gasteiger partial charge in [-0.25, -0.2) is 0 Å². The number of carbonyl (C=O) groups is 1. The van der Waals surface area contributed by atoms with E-state index in [0.29, 0.717) is 5.56 Å². The van der Waals surface area contributed by atoms with Crippen LogP contribution < -0.4 is 10.1 Å². The Labute approximate surface area is 131 Å². The molecule has 1 fully saturated rings. The summed E-state index contributed by atoms with van der Waals surface area (Å²) >= 11 is 3.63. The van der Waals surface area contributed by atoms with Crippen molar-refractivity contribution < 1.29 is 18.3 Å². The average Bonchev–Trinajstić information content (AvgIpc) is 2.64. The molecule has 0 heterocycles. The summed E-state index contributed by atoms with van der Waals surface area (Å²) in [4.78, 5) is 12.5. The van der Waals surface area contributed by atoms with Gasteiger partial charge in [0.15, 0.2) is 0 Å². The van der Waals surface area contributed by atoms with E-state index in [2.05, 4.69) is 26.0 Å². The van der Waals surface area contributed by atoms with Crippen molar-refractivity contribution in [3.8, 4) is 5.75 Å². The van der Waals surface area contributed by atoms with Crippen molar-refractivity contribution in [1.82, 2.24) is 5.32 Å². The highest BCUT2D eigenvalue weighted by Gasteiger charge is 2.23. The molecule has 1 amide bonds. The van der Waals surface area contributed by atoms with Gasteiger partial charge in [-0.2, -0.15) is 8.78 Å². The number of halogens is 3. The Kier molecular flexibility index (Phi) is 5.96. The van der Waals surface area contributed by atoms with E-state index in [0.717, 1.165) is 19.3 Å². The quantitative estimate of drug-likeness (QED) is 0.647. The van der Waals surface area contributed by atoms with Crippen LogP contribution in [0.1, 0.15) is 42.5 Å². The van der Waals surface area contributed by atoms with E-state index in [1.165, 1.54) is 37.1 Å². The molecule has 2 rings (SSSR count). The van der Waals surface area contributed by atoms with Crippen LogP contribution in [0.2, 0.25) is 0 Å². The molecular weight excluding hydrogens is 344 g/mol. The predicted molar refractivity (Wildman–Crippen MR) is 80.1 cm³/mol. The molecule has 0 bridgehead atoms. The number of amides is 1. The molecular formula is C15H18BrF2NO2. The number of hydrogen-bond acceptors (Lipinski definition) is 2. The molecule has 116 valence electrons. The zero-order chi connectivity index (χ0) is 15.2. The van der Waals surface area contributed by atoms with Crippen molar-refractivity contribution in [2.75, 3.05) is 0 Å². The number of hydrogen-bond donors (Lipinski definition) is 1. The lowest BCUT2D eigenvalue weighted by Gasteiger charge is -2.21. The molecule has 6 heteroatoms. The number of carbonyl (C=O) groups excluding carboxylic acids is 1. The topological polar surface area (TPSA) is 38.3 Å². The fraction of sp³-hybridized carbons (Fsp3) is 0.533. The molecule has 1 aromatic carbocycles. The summed E-state index contributed by atoms with van der Waals surface area (Å²) in [7, 11) is 0. The third-order valence-corrected chi connectivity index (χ3v) is 4.69. The Morgan fingerprint density at radius 2 is 1.86 bits per heavy atom. The van der Waals surface area contributed by atoms with E-state index in [4.69, 9.17) is 0 Å². The minimum atomic E-state index is -2.86. The van der Waals surface area contributed by atoms with Crippen LogP contribution >= 0.6 is 15.9 Å². The van der Waals surface area contributed by atoms with Gasteiger partial charge in [-0.3, -0.25) is 4.79 Å². The number of rotatable bonds is 4. The first kappa shape index (κ1) is 16.2. The Hall–Kier alpha value is -1.17. The fourth-order valence-corrected chi connectivity index (χ4v) is 3.18. The van der Waals surface area contributed by atoms with Gasteiger partial charge in [0.05, 0.1) is 0 Å². The first-order valence-electron chi connectivity index (χ1n) is 7.06. The zero-order valence-electron chi connectivity index (χ0n) is 11.5. The second-order valence-corrected chi connectivity index (χ2v) is 6.31. The largest absolute Gasteiger partial charge is 0.435 e. The van der Waals surface area contributed by atoms with Crippen LogP contribution in [0.15, 0.2) is 24.3 Å². The van der Waals surface area contributed by atoms with E-state index in [-0.39, 0.29) is 22.5 Å². The van der Waals surface area contributed by atoms with Crippen LogP contribution in [-0.4, -0.2) is 23.4 Å². The highest BCUT2D eigenvalue weighted by atomic mass is 79.9. The van der Waals surface area contributed by atoms with E-state index in [9.17, 15) is 13.6 Å². The summed E-state index contributed by atoms with van der Waals surface area (Å²) in [5.41, 5.74) is 0.445. The van der Waals surface area contributed by atoms with Crippen LogP contribution in [0.25, 0.3) is 0 Å². The van der Waals surface area contributed by atoms with Crippen LogP contribution in [0.3, 0.4) is 0 Å². The molecule has 2 atom stereocenters. The zero-order valence-corrected chi connectivity index (χ0v) is 13.1. The minimum Gasteiger partial charge on any atom is -0.435 e. The van der Waals surface area contributed by atoms with E-state index < -0.39 is 6.61 Å². The molecule has 21 heavy (non-hydrogen) atoms. The lowest BCUT2D eigenvalue weighted by molar-refractivity contribution is -0.0498. The van der Waals surface area contributed by atoms with Crippen LogP contribution in [0.5, 0.6) is 5.75 Å². The molecule has 0 spiro atoms. The summed E-state index contributed by atoms with van der Waals surface area (Å²) in [6, 6.07) is 5.84. The molecule has 0 radical (unpaired) electrons. The highest BCUT2D eigenvalue weighted by Crippen LogP contribution is 2.24. The van der Waals surface area contributed by atoms with E-state index in [1.54, 1.807) is 0 Å². The minimum absolute atomic E-state index is 0.0504. The third kappa shape index (κ3) is 4.95. The molecule has 1 saturated carbocycles. The average molecular weight is 362 g/mol. The number of benzene rings is 1. The maximum Gasteiger partial charge on any atom is 0.387 e. The fourth-order valence-electron chi connectivity index (χ4n) is 2.46. The molecule has 1 N–H and O–H groups in total. The molecule has 2 unspecified atom stereocenters. The van der Waals surface area contributed by atoms with Gasteiger partial charge >= 0.3 is 6.61 Å². The SMILES string of the molecule is O=C(NC1CCCCCC1Br)c1ccc(OC(F)F)cc1. The maximum atomic E-state index is 12.2. The Balaban J connectivity index is 1.96. The van der Waals surface area contributed by atoms with Gasteiger partial charge in [0.25, 0.3) is 5.91 Å². The van der Waals surface area contributed by atoms with Crippen molar-refractivity contribution in [2.45, 2.75) is 49.6 Å². The van der Waals surface area contributed by atoms with Gasteiger partial charge in [0.1, 0.15) is 5.75 Å². The summed E-state index contributed by atoms with van der Waals surface area (Å²) < 4.78 is 28.4. The molecule has 1 aliphatic rings. The van der Waals surface area contributed by atoms with Crippen molar-refractivity contribution >= 4 is 21.8 Å². The summed E-state index contributed by atoms with van der Waals surface area (Å²) in [5.74, 6) is -0.135. The first-order chi connectivity index (χ1) is 10.1. The van der Waals surface area contributed by atoms with Gasteiger partial charge < -0.3 is 10.1 Å². The standard InChI is InChI=1S/C15H18BrF2NO2/c16-12-4-2-1-3-5-13(12)19-14(20)10-6-8-11(9-7-10)21-15(17)18/h6-9,12-13,15H,1-5H2,(H,19,20). The molecule has 1 aliphatic carbocycles. The summed E-state index contributed by atoms with van der Waals surface area (Å²) in [5, 5.41) is 3.01. The molecule has 0 aliphatic heterocycles. The number of ether oxygens (including phenoxy) is 1. The molecule has 3 nitrogen and oxygen atoms in total. The van der Waals surface area contributed by atoms with Crippen molar-refractivity contribution in [1.29, 1.82) is 0 Å². The molecule has 0 aromatic heterocycles. The predicted octanol–water partition coefficient (Wildman–Crippen LogP) is 4.11. The van der Waals surface area contributed by atoms with Gasteiger partial charge in [-0.1, -0.05) is 35.2 Å². The smallest absolute Gasteiger partial charge is 0.387 e. The van der Waals surface area contributed by atoms with Gasteiger partial charge in [-0.15, -0.1) is 0 Å². The van der Waals surface area contributed by atoms with Crippen molar-refractivity contribution in [2.24, 2.45) is 0 Å². The van der Waals surface area contributed by atoms with Crippen LogP contribution in [-0.2, 0) is 0 Å². The first-order valence-corrected chi connectivity index (χ1v) is 7.97. The Bertz CT molecular complexity index is 467. The van der Waals surface area contributed by atoms with E-state index >= 15 is 0 Å². The Morgan fingerprint density at radius 1 is 1.19 bits per heavy atom. The summed E-state index contributed by atoms with van der Waals surface area (Å²) in [6.45, 7) is -2.86. The maximum absolute atomic E-state index is 12.2. The Morgan fingerprint density at radius 3 is 2.52 bits per heavy atom. The molecule has 0 saturated heterocycles. The van der Waals surface area contributed by atoms with Crippen LogP contribution in [0, 0.1) is 0 Å². The lowest BCUT2D eigenvalue weighted by Crippen LogP contribution is -2.40. The number of nitrogens with one attached hydrogen (secondary N) is 1. The van der Waals surface area contributed by atoms with E-state index in [1.807, 2.05) is 0 Å². The molecule has 1 aromatic rings. The monoisotopic (exact) mass is 361 g/mol. The third-order valence-electron chi connectivity index (χ3n) is 3.59. The van der Waals surface area contributed by atoms with Gasteiger partial charge in [0, 0.05) is 16.4 Å². The van der Waals surface area contributed by atoms with Crippen molar-refractivity contribution in [3.05, 3.63) is 29.8 Å². The van der Waals surface area contributed by atoms with Gasteiger partial charge in [0.2, 0.25) is 0 Å². The van der Waals surface area contributed by atoms with Gasteiger partial charge in [-0.05, 0) is 37.1 Å². The van der Waals surface area contributed by atoms with Crippen LogP contribution in [0.4, 0.5) is 8.78 Å². The second kappa shape index (κ2) is 7.73. The summed E-state index contributed by atoms with van der Waals surface area (Å²) in [6.07, 6.45) is 5.46. The van der Waals surface area contributed by atoms with Crippen molar-refractivity contribution in [3.63, 3.8) is 0 Å². The lowest BCUT2D eigenvalue weighted by atomic mass is 10.1. The number of alkyl halides is 3.